The number of hydrogen-bond donors (Lipinski definition) is 3. The summed E-state index contributed by atoms with van der Waals surface area (Å²) in [4.78, 5) is 22.9. The number of carbonyl (C=O) groups excluding carboxylic acids is 2. The lowest BCUT2D eigenvalue weighted by Crippen LogP contribution is -2.40. The SMILES string of the molecule is CCC(CC)NC(=O)CNCCC(=O)NCCOC. The predicted molar refractivity (Wildman–Crippen MR) is 74.9 cm³/mol. The molecule has 0 spiro atoms. The summed E-state index contributed by atoms with van der Waals surface area (Å²) in [6, 6.07) is 0.242. The molecule has 0 bridgehead atoms. The first-order valence-corrected chi connectivity index (χ1v) is 6.89. The van der Waals surface area contributed by atoms with Gasteiger partial charge in [-0.3, -0.25) is 9.59 Å². The van der Waals surface area contributed by atoms with Crippen LogP contribution in [0, 0.1) is 0 Å². The maximum Gasteiger partial charge on any atom is 0.234 e. The highest BCUT2D eigenvalue weighted by molar-refractivity contribution is 5.78. The monoisotopic (exact) mass is 273 g/mol. The van der Waals surface area contributed by atoms with Gasteiger partial charge in [0.05, 0.1) is 13.2 Å². The third-order valence-corrected chi connectivity index (χ3v) is 2.79. The lowest BCUT2D eigenvalue weighted by Gasteiger charge is -2.14. The second-order valence-electron chi connectivity index (χ2n) is 4.35. The minimum absolute atomic E-state index is 0.0199. The zero-order valence-corrected chi connectivity index (χ0v) is 12.3. The fourth-order valence-electron chi connectivity index (χ4n) is 1.56. The van der Waals surface area contributed by atoms with Gasteiger partial charge in [0.1, 0.15) is 0 Å². The highest BCUT2D eigenvalue weighted by Gasteiger charge is 2.07. The normalized spacial score (nSPS) is 10.5. The van der Waals surface area contributed by atoms with E-state index in [2.05, 4.69) is 16.0 Å². The Morgan fingerprint density at radius 3 is 2.37 bits per heavy atom. The van der Waals surface area contributed by atoms with Crippen LogP contribution in [0.25, 0.3) is 0 Å². The summed E-state index contributed by atoms with van der Waals surface area (Å²) in [5.41, 5.74) is 0. The van der Waals surface area contributed by atoms with Crippen molar-refractivity contribution in [2.45, 2.75) is 39.2 Å². The van der Waals surface area contributed by atoms with Crippen molar-refractivity contribution in [2.24, 2.45) is 0 Å². The molecule has 2 amide bonds. The molecule has 0 aromatic carbocycles. The molecule has 19 heavy (non-hydrogen) atoms. The van der Waals surface area contributed by atoms with Crippen LogP contribution >= 0.6 is 0 Å². The Labute approximate surface area is 115 Å². The Morgan fingerprint density at radius 2 is 1.79 bits per heavy atom. The molecule has 0 aromatic heterocycles. The smallest absolute Gasteiger partial charge is 0.234 e. The fourth-order valence-corrected chi connectivity index (χ4v) is 1.56. The van der Waals surface area contributed by atoms with Gasteiger partial charge in [0, 0.05) is 32.7 Å². The van der Waals surface area contributed by atoms with E-state index in [9.17, 15) is 9.59 Å². The van der Waals surface area contributed by atoms with Gasteiger partial charge in [-0.1, -0.05) is 13.8 Å². The van der Waals surface area contributed by atoms with Crippen LogP contribution in [0.2, 0.25) is 0 Å². The van der Waals surface area contributed by atoms with E-state index in [1.807, 2.05) is 13.8 Å². The highest BCUT2D eigenvalue weighted by atomic mass is 16.5. The number of rotatable bonds is 11. The molecule has 0 aliphatic carbocycles. The van der Waals surface area contributed by atoms with Gasteiger partial charge in [-0.25, -0.2) is 0 Å². The van der Waals surface area contributed by atoms with E-state index in [0.717, 1.165) is 12.8 Å². The van der Waals surface area contributed by atoms with Crippen LogP contribution in [0.4, 0.5) is 0 Å². The van der Waals surface area contributed by atoms with Gasteiger partial charge < -0.3 is 20.7 Å². The molecule has 0 saturated carbocycles. The average molecular weight is 273 g/mol. The standard InChI is InChI=1S/C13H27N3O3/c1-4-11(5-2)16-13(18)10-14-7-6-12(17)15-8-9-19-3/h11,14H,4-10H2,1-3H3,(H,15,17)(H,16,18). The van der Waals surface area contributed by atoms with Gasteiger partial charge >= 0.3 is 0 Å². The van der Waals surface area contributed by atoms with Crippen molar-refractivity contribution < 1.29 is 14.3 Å². The molecule has 0 aliphatic heterocycles. The van der Waals surface area contributed by atoms with E-state index < -0.39 is 0 Å². The summed E-state index contributed by atoms with van der Waals surface area (Å²) >= 11 is 0. The Balaban J connectivity index is 3.52. The lowest BCUT2D eigenvalue weighted by atomic mass is 10.2. The number of ether oxygens (including phenoxy) is 1. The van der Waals surface area contributed by atoms with Crippen molar-refractivity contribution in [3.8, 4) is 0 Å². The van der Waals surface area contributed by atoms with Crippen molar-refractivity contribution in [3.63, 3.8) is 0 Å². The van der Waals surface area contributed by atoms with Crippen LogP contribution < -0.4 is 16.0 Å². The van der Waals surface area contributed by atoms with E-state index in [0.29, 0.717) is 26.1 Å². The van der Waals surface area contributed by atoms with Crippen molar-refractivity contribution in [2.75, 3.05) is 33.4 Å². The maximum atomic E-state index is 11.5. The van der Waals surface area contributed by atoms with Crippen LogP contribution in [0.15, 0.2) is 0 Å². The molecule has 0 aliphatic rings. The van der Waals surface area contributed by atoms with E-state index in [1.54, 1.807) is 7.11 Å². The van der Waals surface area contributed by atoms with Crippen molar-refractivity contribution in [1.82, 2.24) is 16.0 Å². The molecule has 112 valence electrons. The van der Waals surface area contributed by atoms with E-state index in [1.165, 1.54) is 0 Å². The molecule has 0 rings (SSSR count). The molecular formula is C13H27N3O3. The molecule has 0 aromatic rings. The zero-order chi connectivity index (χ0) is 14.5. The molecule has 6 heteroatoms. The van der Waals surface area contributed by atoms with Crippen LogP contribution in [0.3, 0.4) is 0 Å². The number of amides is 2. The minimum atomic E-state index is -0.0371. The molecule has 0 atom stereocenters. The quantitative estimate of drug-likeness (QED) is 0.464. The van der Waals surface area contributed by atoms with E-state index >= 15 is 0 Å². The molecule has 6 nitrogen and oxygen atoms in total. The number of methoxy groups -OCH3 is 1. The van der Waals surface area contributed by atoms with Gasteiger partial charge in [-0.05, 0) is 12.8 Å². The average Bonchev–Trinajstić information content (AvgIpc) is 2.41. The fraction of sp³-hybridized carbons (Fsp3) is 0.846. The summed E-state index contributed by atoms with van der Waals surface area (Å²) in [5, 5.41) is 8.60. The van der Waals surface area contributed by atoms with E-state index in [-0.39, 0.29) is 24.4 Å². The first kappa shape index (κ1) is 17.9. The number of nitrogens with one attached hydrogen (secondary N) is 3. The third-order valence-electron chi connectivity index (χ3n) is 2.79. The van der Waals surface area contributed by atoms with Crippen LogP contribution in [0.1, 0.15) is 33.1 Å². The zero-order valence-electron chi connectivity index (χ0n) is 12.3. The first-order chi connectivity index (χ1) is 9.13. The molecular weight excluding hydrogens is 246 g/mol. The Hall–Kier alpha value is -1.14. The molecule has 3 N–H and O–H groups in total. The van der Waals surface area contributed by atoms with E-state index in [4.69, 9.17) is 4.74 Å². The predicted octanol–water partition coefficient (Wildman–Crippen LogP) is 0.0335. The number of hydrogen-bond acceptors (Lipinski definition) is 4. The molecule has 0 fully saturated rings. The summed E-state index contributed by atoms with van der Waals surface area (Å²) in [5.74, 6) is -0.0570. The maximum absolute atomic E-state index is 11.5. The Bertz CT molecular complexity index is 256. The van der Waals surface area contributed by atoms with Crippen molar-refractivity contribution >= 4 is 11.8 Å². The summed E-state index contributed by atoms with van der Waals surface area (Å²) in [7, 11) is 1.59. The van der Waals surface area contributed by atoms with Gasteiger partial charge in [-0.15, -0.1) is 0 Å². The summed E-state index contributed by atoms with van der Waals surface area (Å²) < 4.78 is 4.82. The van der Waals surface area contributed by atoms with Crippen molar-refractivity contribution in [3.05, 3.63) is 0 Å². The second-order valence-corrected chi connectivity index (χ2v) is 4.35. The third kappa shape index (κ3) is 10.5. The van der Waals surface area contributed by atoms with Crippen molar-refractivity contribution in [1.29, 1.82) is 0 Å². The highest BCUT2D eigenvalue weighted by Crippen LogP contribution is 1.94. The summed E-state index contributed by atoms with van der Waals surface area (Å²) in [6.45, 7) is 5.87. The van der Waals surface area contributed by atoms with Crippen LogP contribution in [-0.4, -0.2) is 51.2 Å². The second kappa shape index (κ2) is 11.9. The summed E-state index contributed by atoms with van der Waals surface area (Å²) in [6.07, 6.45) is 2.23. The topological polar surface area (TPSA) is 79.5 Å². The largest absolute Gasteiger partial charge is 0.383 e. The molecule has 0 heterocycles. The Kier molecular flexibility index (Phi) is 11.2. The number of carbonyl (C=O) groups is 2. The first-order valence-electron chi connectivity index (χ1n) is 6.89. The van der Waals surface area contributed by atoms with Gasteiger partial charge in [0.25, 0.3) is 0 Å². The molecule has 0 saturated heterocycles. The minimum Gasteiger partial charge on any atom is -0.383 e. The van der Waals surface area contributed by atoms with Gasteiger partial charge in [-0.2, -0.15) is 0 Å². The van der Waals surface area contributed by atoms with Gasteiger partial charge in [0.2, 0.25) is 11.8 Å². The Morgan fingerprint density at radius 1 is 1.11 bits per heavy atom. The van der Waals surface area contributed by atoms with Gasteiger partial charge in [0.15, 0.2) is 0 Å². The van der Waals surface area contributed by atoms with Crippen LogP contribution in [-0.2, 0) is 14.3 Å². The lowest BCUT2D eigenvalue weighted by molar-refractivity contribution is -0.122. The van der Waals surface area contributed by atoms with Crippen LogP contribution in [0.5, 0.6) is 0 Å². The molecule has 0 unspecified atom stereocenters. The molecule has 0 radical (unpaired) electrons.